The minimum atomic E-state index is -0.122. The molecule has 2 N–H and O–H groups in total. The van der Waals surface area contributed by atoms with Crippen molar-refractivity contribution in [3.8, 4) is 5.75 Å². The van der Waals surface area contributed by atoms with E-state index in [2.05, 4.69) is 0 Å². The highest BCUT2D eigenvalue weighted by Gasteiger charge is 2.10. The van der Waals surface area contributed by atoms with Gasteiger partial charge in [0.2, 0.25) is 0 Å². The summed E-state index contributed by atoms with van der Waals surface area (Å²) in [5.41, 5.74) is 7.67. The van der Waals surface area contributed by atoms with E-state index in [1.807, 2.05) is 39.0 Å². The molecule has 3 heteroatoms. The normalized spacial score (nSPS) is 11.6. The van der Waals surface area contributed by atoms with Crippen LogP contribution in [0.15, 0.2) is 18.2 Å². The van der Waals surface area contributed by atoms with E-state index in [0.717, 1.165) is 16.9 Å². The van der Waals surface area contributed by atoms with Crippen LogP contribution in [0.5, 0.6) is 5.75 Å². The van der Waals surface area contributed by atoms with Gasteiger partial charge in [0, 0.05) is 12.1 Å². The first-order valence-corrected chi connectivity index (χ1v) is 5.46. The molecule has 0 spiro atoms. The Morgan fingerprint density at radius 3 is 2.44 bits per heavy atom. The van der Waals surface area contributed by atoms with Crippen LogP contribution in [-0.2, 0) is 17.9 Å². The number of ether oxygens (including phenoxy) is 2. The van der Waals surface area contributed by atoms with Crippen molar-refractivity contribution in [1.29, 1.82) is 0 Å². The monoisotopic (exact) mass is 223 g/mol. The molecular weight excluding hydrogens is 202 g/mol. The second-order valence-corrected chi connectivity index (χ2v) is 4.75. The van der Waals surface area contributed by atoms with E-state index < -0.39 is 0 Å². The molecule has 1 rings (SSSR count). The van der Waals surface area contributed by atoms with Gasteiger partial charge in [-0.05, 0) is 38.5 Å². The van der Waals surface area contributed by atoms with E-state index in [-0.39, 0.29) is 5.60 Å². The lowest BCUT2D eigenvalue weighted by molar-refractivity contribution is -0.0149. The van der Waals surface area contributed by atoms with Gasteiger partial charge in [-0.3, -0.25) is 0 Å². The first-order chi connectivity index (χ1) is 7.46. The van der Waals surface area contributed by atoms with Crippen molar-refractivity contribution in [2.75, 3.05) is 7.11 Å². The third kappa shape index (κ3) is 3.83. The third-order valence-electron chi connectivity index (χ3n) is 2.24. The van der Waals surface area contributed by atoms with Crippen molar-refractivity contribution < 1.29 is 9.47 Å². The van der Waals surface area contributed by atoms with E-state index in [1.54, 1.807) is 7.11 Å². The van der Waals surface area contributed by atoms with Crippen molar-refractivity contribution in [3.05, 3.63) is 29.3 Å². The molecule has 0 unspecified atom stereocenters. The smallest absolute Gasteiger partial charge is 0.123 e. The van der Waals surface area contributed by atoms with E-state index in [9.17, 15) is 0 Å². The molecule has 90 valence electrons. The van der Waals surface area contributed by atoms with Crippen molar-refractivity contribution in [1.82, 2.24) is 0 Å². The molecule has 0 amide bonds. The first kappa shape index (κ1) is 13.0. The highest BCUT2D eigenvalue weighted by molar-refractivity contribution is 5.36. The van der Waals surface area contributed by atoms with Crippen LogP contribution in [0, 0.1) is 0 Å². The van der Waals surface area contributed by atoms with Crippen molar-refractivity contribution in [3.63, 3.8) is 0 Å². The Bertz CT molecular complexity index is 342. The van der Waals surface area contributed by atoms with E-state index in [1.165, 1.54) is 0 Å². The molecule has 0 saturated heterocycles. The Morgan fingerprint density at radius 2 is 1.94 bits per heavy atom. The number of hydrogen-bond acceptors (Lipinski definition) is 3. The van der Waals surface area contributed by atoms with Crippen LogP contribution in [0.4, 0.5) is 0 Å². The molecule has 0 aliphatic heterocycles. The van der Waals surface area contributed by atoms with Gasteiger partial charge in [0.1, 0.15) is 5.75 Å². The van der Waals surface area contributed by atoms with Crippen LogP contribution < -0.4 is 10.5 Å². The zero-order valence-corrected chi connectivity index (χ0v) is 10.5. The van der Waals surface area contributed by atoms with Gasteiger partial charge in [0.25, 0.3) is 0 Å². The van der Waals surface area contributed by atoms with Crippen LogP contribution in [0.2, 0.25) is 0 Å². The van der Waals surface area contributed by atoms with Gasteiger partial charge in [-0.1, -0.05) is 6.07 Å². The molecule has 0 aromatic heterocycles. The molecular formula is C13H21NO2. The van der Waals surface area contributed by atoms with Crippen molar-refractivity contribution in [2.24, 2.45) is 5.73 Å². The Labute approximate surface area is 97.6 Å². The van der Waals surface area contributed by atoms with Crippen molar-refractivity contribution in [2.45, 2.75) is 39.5 Å². The number of hydrogen-bond donors (Lipinski definition) is 1. The van der Waals surface area contributed by atoms with Crippen LogP contribution in [-0.4, -0.2) is 12.7 Å². The molecule has 3 nitrogen and oxygen atoms in total. The van der Waals surface area contributed by atoms with Crippen LogP contribution in [0.3, 0.4) is 0 Å². The molecule has 0 aliphatic carbocycles. The Morgan fingerprint density at radius 1 is 1.25 bits per heavy atom. The Hall–Kier alpha value is -1.06. The highest BCUT2D eigenvalue weighted by Crippen LogP contribution is 2.20. The average molecular weight is 223 g/mol. The maximum atomic E-state index is 5.71. The fraction of sp³-hybridized carbons (Fsp3) is 0.538. The van der Waals surface area contributed by atoms with E-state index in [0.29, 0.717) is 13.2 Å². The fourth-order valence-electron chi connectivity index (χ4n) is 1.38. The summed E-state index contributed by atoms with van der Waals surface area (Å²) in [5.74, 6) is 0.835. The molecule has 0 bridgehead atoms. The summed E-state index contributed by atoms with van der Waals surface area (Å²) in [6.07, 6.45) is 0. The van der Waals surface area contributed by atoms with Crippen LogP contribution in [0.1, 0.15) is 31.9 Å². The number of methoxy groups -OCH3 is 1. The summed E-state index contributed by atoms with van der Waals surface area (Å²) in [6.45, 7) is 7.20. The van der Waals surface area contributed by atoms with E-state index >= 15 is 0 Å². The lowest BCUT2D eigenvalue weighted by Gasteiger charge is -2.20. The average Bonchev–Trinajstić information content (AvgIpc) is 2.25. The minimum Gasteiger partial charge on any atom is -0.496 e. The number of nitrogens with two attached hydrogens (primary N) is 1. The molecule has 0 aliphatic rings. The maximum Gasteiger partial charge on any atom is 0.123 e. The quantitative estimate of drug-likeness (QED) is 0.852. The van der Waals surface area contributed by atoms with E-state index in [4.69, 9.17) is 15.2 Å². The molecule has 0 radical (unpaired) electrons. The summed E-state index contributed by atoms with van der Waals surface area (Å²) in [5, 5.41) is 0. The van der Waals surface area contributed by atoms with Gasteiger partial charge >= 0.3 is 0 Å². The Balaban J connectivity index is 2.75. The predicted molar refractivity (Wildman–Crippen MR) is 65.4 cm³/mol. The van der Waals surface area contributed by atoms with Gasteiger partial charge in [-0.15, -0.1) is 0 Å². The van der Waals surface area contributed by atoms with Crippen LogP contribution in [0.25, 0.3) is 0 Å². The highest BCUT2D eigenvalue weighted by atomic mass is 16.5. The number of rotatable bonds is 4. The minimum absolute atomic E-state index is 0.122. The number of benzene rings is 1. The summed E-state index contributed by atoms with van der Waals surface area (Å²) in [6, 6.07) is 5.97. The first-order valence-electron chi connectivity index (χ1n) is 5.46. The molecule has 1 aromatic carbocycles. The second-order valence-electron chi connectivity index (χ2n) is 4.75. The molecule has 0 heterocycles. The standard InChI is InChI=1S/C13H21NO2/c1-13(2,3)16-9-10-5-6-12(15-4)11(7-10)8-14/h5-7H,8-9,14H2,1-4H3. The van der Waals surface area contributed by atoms with Crippen molar-refractivity contribution >= 4 is 0 Å². The lowest BCUT2D eigenvalue weighted by atomic mass is 10.1. The van der Waals surface area contributed by atoms with Gasteiger partial charge in [-0.25, -0.2) is 0 Å². The summed E-state index contributed by atoms with van der Waals surface area (Å²) < 4.78 is 10.9. The largest absolute Gasteiger partial charge is 0.496 e. The van der Waals surface area contributed by atoms with Gasteiger partial charge in [0.15, 0.2) is 0 Å². The maximum absolute atomic E-state index is 5.71. The fourth-order valence-corrected chi connectivity index (χ4v) is 1.38. The van der Waals surface area contributed by atoms with Gasteiger partial charge in [0.05, 0.1) is 19.3 Å². The summed E-state index contributed by atoms with van der Waals surface area (Å²) in [7, 11) is 1.65. The lowest BCUT2D eigenvalue weighted by Crippen LogP contribution is -2.18. The van der Waals surface area contributed by atoms with Gasteiger partial charge < -0.3 is 15.2 Å². The summed E-state index contributed by atoms with van der Waals surface area (Å²) >= 11 is 0. The SMILES string of the molecule is COc1ccc(COC(C)(C)C)cc1CN. The molecule has 0 saturated carbocycles. The summed E-state index contributed by atoms with van der Waals surface area (Å²) in [4.78, 5) is 0. The second kappa shape index (κ2) is 5.32. The zero-order chi connectivity index (χ0) is 12.2. The predicted octanol–water partition coefficient (Wildman–Crippen LogP) is 2.47. The topological polar surface area (TPSA) is 44.5 Å². The molecule has 0 fully saturated rings. The Kier molecular flexibility index (Phi) is 4.33. The molecule has 1 aromatic rings. The van der Waals surface area contributed by atoms with Gasteiger partial charge in [-0.2, -0.15) is 0 Å². The molecule has 0 atom stereocenters. The molecule has 16 heavy (non-hydrogen) atoms. The zero-order valence-electron chi connectivity index (χ0n) is 10.5. The van der Waals surface area contributed by atoms with Crippen LogP contribution >= 0.6 is 0 Å². The third-order valence-corrected chi connectivity index (χ3v) is 2.24.